The molecule has 0 fully saturated rings. The number of aryl methyl sites for hydroxylation is 2. The first-order chi connectivity index (χ1) is 7.04. The largest absolute Gasteiger partial charge is 0.726 e. The summed E-state index contributed by atoms with van der Waals surface area (Å²) in [4.78, 5) is 4.41. The van der Waals surface area contributed by atoms with Gasteiger partial charge in [-0.05, 0) is 13.8 Å². The molecule has 1 rings (SSSR count). The van der Waals surface area contributed by atoms with Gasteiger partial charge in [-0.1, -0.05) is 0 Å². The lowest BCUT2D eigenvalue weighted by atomic mass is 10.2. The molecule has 0 aliphatic heterocycles. The summed E-state index contributed by atoms with van der Waals surface area (Å²) in [6, 6.07) is 0. The smallest absolute Gasteiger partial charge is 0.215 e. The van der Waals surface area contributed by atoms with Crippen molar-refractivity contribution in [2.75, 3.05) is 0 Å². The van der Waals surface area contributed by atoms with Crippen LogP contribution < -0.4 is 4.57 Å². The van der Waals surface area contributed by atoms with Gasteiger partial charge in [0.1, 0.15) is 18.4 Å². The van der Waals surface area contributed by atoms with E-state index in [4.69, 9.17) is 17.5 Å². The fourth-order valence-corrected chi connectivity index (χ4v) is 1.15. The van der Waals surface area contributed by atoms with Gasteiger partial charge in [-0.25, -0.2) is 13.4 Å². The van der Waals surface area contributed by atoms with Gasteiger partial charge in [0.25, 0.3) is 0 Å². The van der Waals surface area contributed by atoms with E-state index in [2.05, 4.69) is 30.4 Å². The van der Waals surface area contributed by atoms with Gasteiger partial charge < -0.3 is 4.55 Å². The molecule has 0 unspecified atom stereocenters. The Balaban J connectivity index is 0.000000385. The Kier molecular flexibility index (Phi) is 4.98. The van der Waals surface area contributed by atoms with Crippen molar-refractivity contribution < 1.29 is 22.1 Å². The predicted octanol–water partition coefficient (Wildman–Crippen LogP) is 0.144. The molecule has 0 saturated carbocycles. The molecule has 92 valence electrons. The van der Waals surface area contributed by atoms with E-state index in [1.54, 1.807) is 0 Å². The van der Waals surface area contributed by atoms with Gasteiger partial charge >= 0.3 is 0 Å². The normalized spacial score (nSPS) is 10.7. The van der Waals surface area contributed by atoms with Crippen molar-refractivity contribution in [1.29, 1.82) is 0 Å². The summed E-state index contributed by atoms with van der Waals surface area (Å²) in [7, 11) is -2.84. The molecule has 7 heteroatoms. The van der Waals surface area contributed by atoms with Crippen LogP contribution in [0.4, 0.5) is 0 Å². The number of hydrogen-bond donors (Lipinski definition) is 1. The van der Waals surface area contributed by atoms with E-state index in [9.17, 15) is 0 Å². The lowest BCUT2D eigenvalue weighted by Gasteiger charge is -2.02. The second kappa shape index (κ2) is 5.33. The Morgan fingerprint density at radius 2 is 1.38 bits per heavy atom. The van der Waals surface area contributed by atoms with Crippen molar-refractivity contribution in [3.63, 3.8) is 0 Å². The van der Waals surface area contributed by atoms with Gasteiger partial charge in [0.15, 0.2) is 11.4 Å². The highest BCUT2D eigenvalue weighted by Gasteiger charge is 2.12. The molecule has 0 radical (unpaired) electrons. The Morgan fingerprint density at radius 3 is 1.62 bits per heavy atom. The number of aromatic nitrogens is 2. The molecule has 0 bridgehead atoms. The molecular weight excluding hydrogens is 232 g/mol. The Labute approximate surface area is 95.5 Å². The summed E-state index contributed by atoms with van der Waals surface area (Å²) in [6.07, 6.45) is 0. The Bertz CT molecular complexity index is 449. The van der Waals surface area contributed by atoms with Crippen LogP contribution in [0.5, 0.6) is 0 Å². The van der Waals surface area contributed by atoms with Gasteiger partial charge in [-0.2, -0.15) is 4.57 Å². The van der Waals surface area contributed by atoms with E-state index < -0.39 is 10.4 Å². The average Bonchev–Trinajstić information content (AvgIpc) is 2.09. The third-order valence-electron chi connectivity index (χ3n) is 2.39. The van der Waals surface area contributed by atoms with Crippen molar-refractivity contribution >= 4 is 10.4 Å². The number of hydrogen-bond acceptors (Lipinski definition) is 4. The van der Waals surface area contributed by atoms with Crippen molar-refractivity contribution in [2.45, 2.75) is 27.7 Å². The second-order valence-electron chi connectivity index (χ2n) is 3.44. The summed E-state index contributed by atoms with van der Waals surface area (Å²) in [5.41, 5.74) is 4.73. The third-order valence-corrected chi connectivity index (χ3v) is 2.39. The standard InChI is InChI=1S/C9H15N2.H2O4S/c1-6-8(3)11(5)9(4)7(2)10-6;1-5(2,3)4/h1-5H3;(H2,1,2,3,4)/q+1;/p-1. The molecule has 0 amide bonds. The summed E-state index contributed by atoms with van der Waals surface area (Å²) >= 11 is 0. The maximum absolute atomic E-state index is 8.63. The third kappa shape index (κ3) is 5.15. The van der Waals surface area contributed by atoms with Crippen LogP contribution in [0.1, 0.15) is 22.8 Å². The SMILES string of the molecule is Cc1nc(C)c(C)[n+](C)c1C.O=S(=O)([O-])O. The van der Waals surface area contributed by atoms with Crippen LogP contribution in [-0.2, 0) is 17.4 Å². The molecule has 1 heterocycles. The van der Waals surface area contributed by atoms with Crippen LogP contribution >= 0.6 is 0 Å². The van der Waals surface area contributed by atoms with E-state index >= 15 is 0 Å². The minimum absolute atomic E-state index is 1.12. The van der Waals surface area contributed by atoms with Crippen molar-refractivity contribution in [2.24, 2.45) is 7.05 Å². The monoisotopic (exact) mass is 248 g/mol. The van der Waals surface area contributed by atoms with Gasteiger partial charge in [-0.3, -0.25) is 4.55 Å². The van der Waals surface area contributed by atoms with E-state index in [1.165, 1.54) is 11.4 Å². The molecule has 1 N–H and O–H groups in total. The topological polar surface area (TPSA) is 94.2 Å². The molecule has 6 nitrogen and oxygen atoms in total. The van der Waals surface area contributed by atoms with Crippen LogP contribution in [0, 0.1) is 27.7 Å². The van der Waals surface area contributed by atoms with Crippen LogP contribution in [0.2, 0.25) is 0 Å². The molecule has 16 heavy (non-hydrogen) atoms. The molecule has 1 aromatic heterocycles. The fraction of sp³-hybridized carbons (Fsp3) is 0.556. The highest BCUT2D eigenvalue weighted by molar-refractivity contribution is 7.79. The molecule has 0 aromatic carbocycles. The van der Waals surface area contributed by atoms with Crippen LogP contribution in [0.25, 0.3) is 0 Å². The minimum atomic E-state index is -4.92. The van der Waals surface area contributed by atoms with E-state index in [1.807, 2.05) is 13.8 Å². The predicted molar refractivity (Wildman–Crippen MR) is 56.7 cm³/mol. The van der Waals surface area contributed by atoms with Crippen molar-refractivity contribution in [1.82, 2.24) is 4.98 Å². The van der Waals surface area contributed by atoms with Crippen LogP contribution in [-0.4, -0.2) is 22.5 Å². The Morgan fingerprint density at radius 1 is 1.12 bits per heavy atom. The lowest BCUT2D eigenvalue weighted by molar-refractivity contribution is -0.685. The first kappa shape index (κ1) is 14.9. The van der Waals surface area contributed by atoms with Crippen LogP contribution in [0.3, 0.4) is 0 Å². The maximum atomic E-state index is 8.63. The van der Waals surface area contributed by atoms with Gasteiger partial charge in [0.2, 0.25) is 10.4 Å². The summed E-state index contributed by atoms with van der Waals surface area (Å²) in [5.74, 6) is 0. The molecule has 0 spiro atoms. The molecular formula is C9H16N2O4S. The van der Waals surface area contributed by atoms with Gasteiger partial charge in [0, 0.05) is 13.8 Å². The molecule has 1 aromatic rings. The quantitative estimate of drug-likeness (QED) is 0.400. The highest BCUT2D eigenvalue weighted by atomic mass is 32.3. The summed E-state index contributed by atoms with van der Waals surface area (Å²) < 4.78 is 35.0. The zero-order valence-electron chi connectivity index (χ0n) is 9.97. The van der Waals surface area contributed by atoms with E-state index in [0.29, 0.717) is 0 Å². The summed E-state index contributed by atoms with van der Waals surface area (Å²) in [5, 5.41) is 0. The molecule has 0 saturated heterocycles. The van der Waals surface area contributed by atoms with E-state index in [0.717, 1.165) is 11.4 Å². The molecule has 0 aliphatic rings. The van der Waals surface area contributed by atoms with Gasteiger partial charge in [0.05, 0.1) is 0 Å². The second-order valence-corrected chi connectivity index (χ2v) is 4.30. The van der Waals surface area contributed by atoms with Crippen molar-refractivity contribution in [3.8, 4) is 0 Å². The highest BCUT2D eigenvalue weighted by Crippen LogP contribution is 2.02. The van der Waals surface area contributed by atoms with Gasteiger partial charge in [-0.15, -0.1) is 0 Å². The summed E-state index contributed by atoms with van der Waals surface area (Å²) in [6.45, 7) is 8.27. The average molecular weight is 248 g/mol. The van der Waals surface area contributed by atoms with Crippen molar-refractivity contribution in [3.05, 3.63) is 22.8 Å². The zero-order chi connectivity index (χ0) is 13.1. The lowest BCUT2D eigenvalue weighted by Crippen LogP contribution is -2.38. The zero-order valence-corrected chi connectivity index (χ0v) is 10.8. The number of rotatable bonds is 0. The molecule has 0 atom stereocenters. The fourth-order valence-electron chi connectivity index (χ4n) is 1.15. The van der Waals surface area contributed by atoms with E-state index in [-0.39, 0.29) is 0 Å². The minimum Gasteiger partial charge on any atom is -0.726 e. The first-order valence-electron chi connectivity index (χ1n) is 4.52. The maximum Gasteiger partial charge on any atom is 0.215 e. The first-order valence-corrected chi connectivity index (χ1v) is 5.89. The number of nitrogens with zero attached hydrogens (tertiary/aromatic N) is 2. The van der Waals surface area contributed by atoms with Crippen LogP contribution in [0.15, 0.2) is 0 Å². The molecule has 0 aliphatic carbocycles. The Hall–Kier alpha value is -1.05.